The van der Waals surface area contributed by atoms with Crippen molar-refractivity contribution in [2.45, 2.75) is 44.8 Å². The number of nitrogens with one attached hydrogen (secondary N) is 2. The molecule has 2 unspecified atom stereocenters. The van der Waals surface area contributed by atoms with Gasteiger partial charge in [-0.05, 0) is 49.3 Å². The predicted octanol–water partition coefficient (Wildman–Crippen LogP) is 2.61. The molecule has 5 heteroatoms. The molecule has 0 spiro atoms. The zero-order chi connectivity index (χ0) is 15.9. The lowest BCUT2D eigenvalue weighted by atomic mass is 10.0. The lowest BCUT2D eigenvalue weighted by Gasteiger charge is -2.20. The molecule has 22 heavy (non-hydrogen) atoms. The van der Waals surface area contributed by atoms with E-state index in [2.05, 4.69) is 10.6 Å². The van der Waals surface area contributed by atoms with Gasteiger partial charge in [0.15, 0.2) is 0 Å². The molecule has 2 atom stereocenters. The van der Waals surface area contributed by atoms with Crippen molar-refractivity contribution in [3.05, 3.63) is 29.8 Å². The fourth-order valence-corrected chi connectivity index (χ4v) is 2.46. The van der Waals surface area contributed by atoms with Crippen LogP contribution in [-0.4, -0.2) is 30.9 Å². The lowest BCUT2D eigenvalue weighted by Crippen LogP contribution is -2.39. The first-order valence-electron chi connectivity index (χ1n) is 8.00. The van der Waals surface area contributed by atoms with Crippen LogP contribution in [0.1, 0.15) is 44.2 Å². The Bertz CT molecular complexity index is 471. The summed E-state index contributed by atoms with van der Waals surface area (Å²) in [4.78, 5) is 12.0. The molecule has 1 aliphatic carbocycles. The molecule has 1 saturated carbocycles. The van der Waals surface area contributed by atoms with Crippen LogP contribution in [0.25, 0.3) is 0 Å². The standard InChI is InChI=1S/C17H26N2O3/c1-3-14(20)10-11-18-17(21)19-16(12-4-5-12)13-6-8-15(22-2)9-7-13/h6-9,12,14,16,20H,3-5,10-11H2,1-2H3,(H2,18,19,21). The SMILES string of the molecule is CCC(O)CCNC(=O)NC(c1ccc(OC)cc1)C1CC1. The zero-order valence-electron chi connectivity index (χ0n) is 13.3. The maximum Gasteiger partial charge on any atom is 0.315 e. The van der Waals surface area contributed by atoms with Crippen LogP contribution in [0.2, 0.25) is 0 Å². The number of amides is 2. The summed E-state index contributed by atoms with van der Waals surface area (Å²) in [5.41, 5.74) is 1.10. The topological polar surface area (TPSA) is 70.6 Å². The third-order valence-corrected chi connectivity index (χ3v) is 4.09. The summed E-state index contributed by atoms with van der Waals surface area (Å²) in [6, 6.07) is 7.72. The number of aliphatic hydroxyl groups is 1. The number of carbonyl (C=O) groups is 1. The van der Waals surface area contributed by atoms with Crippen LogP contribution >= 0.6 is 0 Å². The minimum absolute atomic E-state index is 0.0435. The summed E-state index contributed by atoms with van der Waals surface area (Å²) in [6.45, 7) is 2.42. The van der Waals surface area contributed by atoms with Gasteiger partial charge in [-0.1, -0.05) is 19.1 Å². The normalized spacial score (nSPS) is 16.7. The number of aliphatic hydroxyl groups excluding tert-OH is 1. The molecule has 3 N–H and O–H groups in total. The summed E-state index contributed by atoms with van der Waals surface area (Å²) in [5.74, 6) is 1.33. The van der Waals surface area contributed by atoms with E-state index in [1.165, 1.54) is 0 Å². The van der Waals surface area contributed by atoms with Crippen molar-refractivity contribution in [1.82, 2.24) is 10.6 Å². The molecule has 0 bridgehead atoms. The van der Waals surface area contributed by atoms with Crippen LogP contribution in [0.4, 0.5) is 4.79 Å². The van der Waals surface area contributed by atoms with Crippen LogP contribution in [0.15, 0.2) is 24.3 Å². The second-order valence-corrected chi connectivity index (χ2v) is 5.84. The van der Waals surface area contributed by atoms with Gasteiger partial charge in [-0.25, -0.2) is 4.79 Å². The van der Waals surface area contributed by atoms with Gasteiger partial charge in [0.05, 0.1) is 19.3 Å². The van der Waals surface area contributed by atoms with Gasteiger partial charge in [0, 0.05) is 6.54 Å². The minimum atomic E-state index is -0.346. The Labute approximate surface area is 132 Å². The highest BCUT2D eigenvalue weighted by Gasteiger charge is 2.33. The van der Waals surface area contributed by atoms with Crippen molar-refractivity contribution in [1.29, 1.82) is 0 Å². The summed E-state index contributed by atoms with van der Waals surface area (Å²) in [7, 11) is 1.64. The smallest absolute Gasteiger partial charge is 0.315 e. The molecule has 0 aliphatic heterocycles. The maximum absolute atomic E-state index is 12.0. The number of methoxy groups -OCH3 is 1. The van der Waals surface area contributed by atoms with E-state index in [9.17, 15) is 9.90 Å². The van der Waals surface area contributed by atoms with Gasteiger partial charge in [0.1, 0.15) is 5.75 Å². The fourth-order valence-electron chi connectivity index (χ4n) is 2.46. The van der Waals surface area contributed by atoms with Gasteiger partial charge in [-0.3, -0.25) is 0 Å². The predicted molar refractivity (Wildman–Crippen MR) is 85.9 cm³/mol. The van der Waals surface area contributed by atoms with E-state index in [-0.39, 0.29) is 18.2 Å². The van der Waals surface area contributed by atoms with E-state index >= 15 is 0 Å². The van der Waals surface area contributed by atoms with E-state index in [1.807, 2.05) is 31.2 Å². The molecule has 1 aromatic rings. The first-order valence-corrected chi connectivity index (χ1v) is 8.00. The van der Waals surface area contributed by atoms with E-state index < -0.39 is 0 Å². The van der Waals surface area contributed by atoms with Crippen molar-refractivity contribution in [3.8, 4) is 5.75 Å². The van der Waals surface area contributed by atoms with Crippen molar-refractivity contribution in [2.75, 3.05) is 13.7 Å². The Morgan fingerprint density at radius 3 is 2.59 bits per heavy atom. The number of hydrogen-bond acceptors (Lipinski definition) is 3. The average molecular weight is 306 g/mol. The van der Waals surface area contributed by atoms with Crippen molar-refractivity contribution < 1.29 is 14.6 Å². The Hall–Kier alpha value is -1.75. The molecule has 1 aromatic carbocycles. The monoisotopic (exact) mass is 306 g/mol. The number of carbonyl (C=O) groups excluding carboxylic acids is 1. The Morgan fingerprint density at radius 2 is 2.05 bits per heavy atom. The maximum atomic E-state index is 12.0. The van der Waals surface area contributed by atoms with Crippen molar-refractivity contribution >= 4 is 6.03 Å². The first-order chi connectivity index (χ1) is 10.6. The lowest BCUT2D eigenvalue weighted by molar-refractivity contribution is 0.160. The summed E-state index contributed by atoms with van der Waals surface area (Å²) in [5, 5.41) is 15.4. The van der Waals surface area contributed by atoms with Crippen LogP contribution < -0.4 is 15.4 Å². The molecule has 2 rings (SSSR count). The molecule has 0 aromatic heterocycles. The van der Waals surface area contributed by atoms with Crippen molar-refractivity contribution in [2.24, 2.45) is 5.92 Å². The third kappa shape index (κ3) is 4.91. The number of ether oxygens (including phenoxy) is 1. The summed E-state index contributed by atoms with van der Waals surface area (Å²) >= 11 is 0. The highest BCUT2D eigenvalue weighted by molar-refractivity contribution is 5.74. The van der Waals surface area contributed by atoms with Gasteiger partial charge in [0.25, 0.3) is 0 Å². The summed E-state index contributed by atoms with van der Waals surface area (Å²) < 4.78 is 5.17. The largest absolute Gasteiger partial charge is 0.497 e. The van der Waals surface area contributed by atoms with Crippen LogP contribution in [0.3, 0.4) is 0 Å². The fraction of sp³-hybridized carbons (Fsp3) is 0.588. The van der Waals surface area contributed by atoms with E-state index in [0.717, 1.165) is 24.2 Å². The van der Waals surface area contributed by atoms with E-state index in [0.29, 0.717) is 25.3 Å². The Morgan fingerprint density at radius 1 is 1.36 bits per heavy atom. The molecule has 0 heterocycles. The zero-order valence-corrected chi connectivity index (χ0v) is 13.3. The molecule has 1 fully saturated rings. The Kier molecular flexibility index (Phi) is 6.07. The third-order valence-electron chi connectivity index (χ3n) is 4.09. The first kappa shape index (κ1) is 16.6. The molecule has 0 saturated heterocycles. The number of benzene rings is 1. The van der Waals surface area contributed by atoms with Crippen molar-refractivity contribution in [3.63, 3.8) is 0 Å². The van der Waals surface area contributed by atoms with E-state index in [4.69, 9.17) is 4.74 Å². The number of hydrogen-bond donors (Lipinski definition) is 3. The van der Waals surface area contributed by atoms with Crippen LogP contribution in [-0.2, 0) is 0 Å². The quantitative estimate of drug-likeness (QED) is 0.691. The van der Waals surface area contributed by atoms with Gasteiger partial charge in [-0.2, -0.15) is 0 Å². The van der Waals surface area contributed by atoms with Gasteiger partial charge >= 0.3 is 6.03 Å². The minimum Gasteiger partial charge on any atom is -0.497 e. The number of urea groups is 1. The highest BCUT2D eigenvalue weighted by Crippen LogP contribution is 2.41. The molecule has 122 valence electrons. The molecule has 2 amide bonds. The van der Waals surface area contributed by atoms with E-state index in [1.54, 1.807) is 7.11 Å². The average Bonchev–Trinajstić information content (AvgIpc) is 3.37. The molecule has 5 nitrogen and oxygen atoms in total. The van der Waals surface area contributed by atoms with Gasteiger partial charge in [0.2, 0.25) is 0 Å². The second kappa shape index (κ2) is 8.03. The second-order valence-electron chi connectivity index (χ2n) is 5.84. The van der Waals surface area contributed by atoms with Gasteiger partial charge in [-0.15, -0.1) is 0 Å². The molecular weight excluding hydrogens is 280 g/mol. The van der Waals surface area contributed by atoms with Crippen LogP contribution in [0.5, 0.6) is 5.75 Å². The van der Waals surface area contributed by atoms with Gasteiger partial charge < -0.3 is 20.5 Å². The Balaban J connectivity index is 1.87. The molecule has 1 aliphatic rings. The molecule has 0 radical (unpaired) electrons. The molecular formula is C17H26N2O3. The highest BCUT2D eigenvalue weighted by atomic mass is 16.5. The van der Waals surface area contributed by atoms with Crippen LogP contribution in [0, 0.1) is 5.92 Å². The number of rotatable bonds is 8. The summed E-state index contributed by atoms with van der Waals surface area (Å²) in [6.07, 6.45) is 3.23.